The first kappa shape index (κ1) is 26.6. The first-order valence-electron chi connectivity index (χ1n) is 10.9. The van der Waals surface area contributed by atoms with Crippen LogP contribution in [0.4, 0.5) is 0 Å². The van der Waals surface area contributed by atoms with Gasteiger partial charge in [0.2, 0.25) is 12.4 Å². The summed E-state index contributed by atoms with van der Waals surface area (Å²) in [5.41, 5.74) is 0.408. The van der Waals surface area contributed by atoms with Gasteiger partial charge >= 0.3 is 23.9 Å². The SMILES string of the molecule is CC(=O)OC[C@H]1OC(Oc2ccccc2-c2nc(C)no2)[C@H](OC(C)=O)[C@@H](OC(C)=O)[C@@H]1OC(C)=O. The summed E-state index contributed by atoms with van der Waals surface area (Å²) in [4.78, 5) is 51.4. The zero-order valence-corrected chi connectivity index (χ0v) is 20.3. The van der Waals surface area contributed by atoms with Gasteiger partial charge < -0.3 is 32.9 Å². The average molecular weight is 506 g/mol. The molecule has 2 aromatic rings. The van der Waals surface area contributed by atoms with E-state index in [4.69, 9.17) is 32.9 Å². The monoisotopic (exact) mass is 506 g/mol. The standard InChI is InChI=1S/C23H26N2O11/c1-11-24-22(36-25-11)16-8-6-7-9-17(16)34-23-21(33-15(5)29)20(32-14(4)28)19(31-13(3)27)18(35-23)10-30-12(2)26/h6-9,18-21,23H,10H2,1-5H3/t18-,19-,20+,21-,23?/m1/s1. The Morgan fingerprint density at radius 3 is 2.06 bits per heavy atom. The number of benzene rings is 1. The van der Waals surface area contributed by atoms with Crippen molar-refractivity contribution >= 4 is 23.9 Å². The lowest BCUT2D eigenvalue weighted by atomic mass is 9.98. The lowest BCUT2D eigenvalue weighted by Crippen LogP contribution is -2.63. The number of ether oxygens (including phenoxy) is 6. The number of carbonyl (C=O) groups is 4. The quantitative estimate of drug-likeness (QED) is 0.374. The molecule has 1 aromatic carbocycles. The Kier molecular flexibility index (Phi) is 8.59. The Morgan fingerprint density at radius 1 is 0.861 bits per heavy atom. The summed E-state index contributed by atoms with van der Waals surface area (Å²) < 4.78 is 38.5. The minimum absolute atomic E-state index is 0.161. The molecule has 0 amide bonds. The van der Waals surface area contributed by atoms with Crippen molar-refractivity contribution in [1.82, 2.24) is 10.1 Å². The molecule has 5 atom stereocenters. The van der Waals surface area contributed by atoms with Crippen molar-refractivity contribution in [2.45, 2.75) is 65.3 Å². The Labute approximate surface area is 205 Å². The molecule has 1 unspecified atom stereocenters. The number of para-hydroxylation sites is 1. The molecule has 0 bridgehead atoms. The van der Waals surface area contributed by atoms with Crippen LogP contribution in [-0.4, -0.2) is 71.3 Å². The van der Waals surface area contributed by atoms with Crippen molar-refractivity contribution < 1.29 is 52.1 Å². The summed E-state index contributed by atoms with van der Waals surface area (Å²) in [5, 5.41) is 3.77. The van der Waals surface area contributed by atoms with E-state index in [9.17, 15) is 19.2 Å². The molecular weight excluding hydrogens is 480 g/mol. The van der Waals surface area contributed by atoms with Crippen LogP contribution < -0.4 is 4.74 Å². The lowest BCUT2D eigenvalue weighted by molar-refractivity contribution is -0.288. The fourth-order valence-corrected chi connectivity index (χ4v) is 3.56. The van der Waals surface area contributed by atoms with E-state index < -0.39 is 54.6 Å². The first-order chi connectivity index (χ1) is 17.0. The third kappa shape index (κ3) is 6.78. The highest BCUT2D eigenvalue weighted by atomic mass is 16.7. The lowest BCUT2D eigenvalue weighted by Gasteiger charge is -2.44. The molecule has 1 aliphatic rings. The highest BCUT2D eigenvalue weighted by Crippen LogP contribution is 2.34. The summed E-state index contributed by atoms with van der Waals surface area (Å²) in [7, 11) is 0. The molecule has 2 heterocycles. The van der Waals surface area contributed by atoms with Gasteiger partial charge in [0.25, 0.3) is 5.89 Å². The normalized spacial score (nSPS) is 23.3. The Balaban J connectivity index is 2.03. The van der Waals surface area contributed by atoms with Crippen LogP contribution in [0.1, 0.15) is 33.5 Å². The maximum atomic E-state index is 12.0. The second-order valence-electron chi connectivity index (χ2n) is 7.83. The number of hydrogen-bond donors (Lipinski definition) is 0. The molecule has 36 heavy (non-hydrogen) atoms. The van der Waals surface area contributed by atoms with Gasteiger partial charge in [0.1, 0.15) is 18.5 Å². The topological polar surface area (TPSA) is 163 Å². The minimum atomic E-state index is -1.39. The van der Waals surface area contributed by atoms with Crippen molar-refractivity contribution in [3.8, 4) is 17.2 Å². The summed E-state index contributed by atoms with van der Waals surface area (Å²) in [6.45, 7) is 5.88. The van der Waals surface area contributed by atoms with E-state index in [-0.39, 0.29) is 18.2 Å². The summed E-state index contributed by atoms with van der Waals surface area (Å²) in [6.07, 6.45) is -6.55. The van der Waals surface area contributed by atoms with Crippen LogP contribution in [0.5, 0.6) is 5.75 Å². The molecule has 194 valence electrons. The van der Waals surface area contributed by atoms with Crippen molar-refractivity contribution in [2.75, 3.05) is 6.61 Å². The fourth-order valence-electron chi connectivity index (χ4n) is 3.56. The number of nitrogens with zero attached hydrogens (tertiary/aromatic N) is 2. The zero-order valence-electron chi connectivity index (χ0n) is 20.3. The molecule has 1 saturated heterocycles. The van der Waals surface area contributed by atoms with Crippen molar-refractivity contribution in [2.24, 2.45) is 0 Å². The van der Waals surface area contributed by atoms with Gasteiger partial charge in [0.15, 0.2) is 18.0 Å². The number of carbonyl (C=O) groups excluding carboxylic acids is 4. The predicted octanol–water partition coefficient (Wildman–Crippen LogP) is 1.51. The summed E-state index contributed by atoms with van der Waals surface area (Å²) in [5.74, 6) is -2.08. The highest BCUT2D eigenvalue weighted by molar-refractivity contribution is 5.69. The maximum absolute atomic E-state index is 12.0. The molecule has 1 aromatic heterocycles. The molecule has 0 spiro atoms. The largest absolute Gasteiger partial charge is 0.463 e. The van der Waals surface area contributed by atoms with Crippen molar-refractivity contribution in [3.63, 3.8) is 0 Å². The van der Waals surface area contributed by atoms with Gasteiger partial charge in [0.05, 0.1) is 5.56 Å². The van der Waals surface area contributed by atoms with Crippen LogP contribution in [0, 0.1) is 6.92 Å². The van der Waals surface area contributed by atoms with Gasteiger partial charge in [-0.2, -0.15) is 4.98 Å². The van der Waals surface area contributed by atoms with Crippen LogP contribution in [0.15, 0.2) is 28.8 Å². The zero-order chi connectivity index (χ0) is 26.4. The Morgan fingerprint density at radius 2 is 1.47 bits per heavy atom. The maximum Gasteiger partial charge on any atom is 0.303 e. The fraction of sp³-hybridized carbons (Fsp3) is 0.478. The van der Waals surface area contributed by atoms with Gasteiger partial charge in [-0.05, 0) is 19.1 Å². The molecule has 3 rings (SSSR count). The predicted molar refractivity (Wildman–Crippen MR) is 117 cm³/mol. The summed E-state index contributed by atoms with van der Waals surface area (Å²) in [6, 6.07) is 6.64. The van der Waals surface area contributed by atoms with Crippen molar-refractivity contribution in [1.29, 1.82) is 0 Å². The molecule has 1 aliphatic heterocycles. The second-order valence-corrected chi connectivity index (χ2v) is 7.83. The van der Waals surface area contributed by atoms with E-state index in [0.29, 0.717) is 11.4 Å². The molecular formula is C23H26N2O11. The first-order valence-corrected chi connectivity index (χ1v) is 10.9. The van der Waals surface area contributed by atoms with E-state index in [1.54, 1.807) is 31.2 Å². The number of aromatic nitrogens is 2. The molecule has 13 nitrogen and oxygen atoms in total. The van der Waals surface area contributed by atoms with Crippen LogP contribution in [0.3, 0.4) is 0 Å². The number of rotatable bonds is 8. The third-order valence-electron chi connectivity index (χ3n) is 4.84. The number of aryl methyl sites for hydroxylation is 1. The van der Waals surface area contributed by atoms with Crippen molar-refractivity contribution in [3.05, 3.63) is 30.1 Å². The van der Waals surface area contributed by atoms with E-state index in [1.165, 1.54) is 6.92 Å². The molecule has 13 heteroatoms. The van der Waals surface area contributed by atoms with Gasteiger partial charge in [-0.1, -0.05) is 17.3 Å². The van der Waals surface area contributed by atoms with Crippen LogP contribution in [0.25, 0.3) is 11.5 Å². The molecule has 0 aliphatic carbocycles. The second kappa shape index (κ2) is 11.6. The number of esters is 4. The van der Waals surface area contributed by atoms with E-state index in [0.717, 1.165) is 20.8 Å². The van der Waals surface area contributed by atoms with Gasteiger partial charge in [-0.15, -0.1) is 0 Å². The Bertz CT molecular complexity index is 1110. The molecule has 0 saturated carbocycles. The highest BCUT2D eigenvalue weighted by Gasteiger charge is 2.53. The van der Waals surface area contributed by atoms with Crippen LogP contribution in [0.2, 0.25) is 0 Å². The smallest absolute Gasteiger partial charge is 0.303 e. The average Bonchev–Trinajstić information content (AvgIpc) is 3.22. The van der Waals surface area contributed by atoms with E-state index in [2.05, 4.69) is 10.1 Å². The third-order valence-corrected chi connectivity index (χ3v) is 4.84. The minimum Gasteiger partial charge on any atom is -0.463 e. The molecule has 0 radical (unpaired) electrons. The summed E-state index contributed by atoms with van der Waals surface area (Å²) >= 11 is 0. The van der Waals surface area contributed by atoms with E-state index in [1.807, 2.05) is 0 Å². The van der Waals surface area contributed by atoms with Crippen LogP contribution in [-0.2, 0) is 42.9 Å². The van der Waals surface area contributed by atoms with Crippen LogP contribution >= 0.6 is 0 Å². The number of hydrogen-bond acceptors (Lipinski definition) is 13. The van der Waals surface area contributed by atoms with Gasteiger partial charge in [-0.25, -0.2) is 0 Å². The van der Waals surface area contributed by atoms with Gasteiger partial charge in [-0.3, -0.25) is 19.2 Å². The molecule has 0 N–H and O–H groups in total. The van der Waals surface area contributed by atoms with Gasteiger partial charge in [0, 0.05) is 27.7 Å². The Hall–Kier alpha value is -4.00. The molecule has 1 fully saturated rings. The van der Waals surface area contributed by atoms with E-state index >= 15 is 0 Å².